The number of ether oxygens (including phenoxy) is 1. The largest absolute Gasteiger partial charge is 0.466 e. The van der Waals surface area contributed by atoms with Crippen LogP contribution in [-0.2, 0) is 9.53 Å². The number of fused-ring (bicyclic) bond motifs is 1. The molecule has 4 rings (SSSR count). The number of nitrogens with zero attached hydrogens (tertiary/aromatic N) is 2. The van der Waals surface area contributed by atoms with E-state index in [9.17, 15) is 4.79 Å². The fraction of sp³-hybridized carbons (Fsp3) is 0.300. The molecule has 4 heteroatoms. The fourth-order valence-electron chi connectivity index (χ4n) is 3.68. The van der Waals surface area contributed by atoms with Crippen molar-refractivity contribution in [3.63, 3.8) is 0 Å². The van der Waals surface area contributed by atoms with Gasteiger partial charge in [-0.15, -0.1) is 0 Å². The highest BCUT2D eigenvalue weighted by atomic mass is 16.5. The summed E-state index contributed by atoms with van der Waals surface area (Å²) < 4.78 is 7.31. The monoisotopic (exact) mass is 320 g/mol. The van der Waals surface area contributed by atoms with Crippen LogP contribution in [0.3, 0.4) is 0 Å². The Kier molecular flexibility index (Phi) is 3.60. The van der Waals surface area contributed by atoms with Crippen molar-refractivity contribution in [2.75, 3.05) is 6.61 Å². The number of esters is 1. The fourth-order valence-corrected chi connectivity index (χ4v) is 3.68. The summed E-state index contributed by atoms with van der Waals surface area (Å²) in [7, 11) is 0. The third-order valence-corrected chi connectivity index (χ3v) is 4.75. The Morgan fingerprint density at radius 1 is 1.17 bits per heavy atom. The number of benzene rings is 1. The number of carbonyl (C=O) groups is 1. The average Bonchev–Trinajstić information content (AvgIpc) is 3.23. The second kappa shape index (κ2) is 5.78. The summed E-state index contributed by atoms with van der Waals surface area (Å²) in [4.78, 5) is 16.9. The van der Waals surface area contributed by atoms with Gasteiger partial charge in [0.1, 0.15) is 5.65 Å². The van der Waals surface area contributed by atoms with Crippen LogP contribution in [0.25, 0.3) is 5.65 Å². The molecule has 0 radical (unpaired) electrons. The van der Waals surface area contributed by atoms with Crippen molar-refractivity contribution >= 4 is 11.6 Å². The van der Waals surface area contributed by atoms with Crippen LogP contribution in [-0.4, -0.2) is 22.0 Å². The Morgan fingerprint density at radius 2 is 1.92 bits per heavy atom. The SMILES string of the molecule is CCOC(=O)[C@@H]1[C@H](c2ccccc2)[C@H]1c1ccn2cc(C)nc2c1. The highest BCUT2D eigenvalue weighted by Gasteiger charge is 2.57. The number of carbonyl (C=O) groups excluding carboxylic acids is 1. The first kappa shape index (κ1) is 14.9. The summed E-state index contributed by atoms with van der Waals surface area (Å²) >= 11 is 0. The van der Waals surface area contributed by atoms with Gasteiger partial charge in [0.15, 0.2) is 0 Å². The summed E-state index contributed by atoms with van der Waals surface area (Å²) in [6, 6.07) is 14.4. The van der Waals surface area contributed by atoms with Crippen LogP contribution in [0.2, 0.25) is 0 Å². The topological polar surface area (TPSA) is 43.6 Å². The molecule has 0 amide bonds. The van der Waals surface area contributed by atoms with E-state index >= 15 is 0 Å². The first-order valence-electron chi connectivity index (χ1n) is 8.36. The zero-order chi connectivity index (χ0) is 16.7. The van der Waals surface area contributed by atoms with Crippen LogP contribution in [0.1, 0.15) is 35.6 Å². The van der Waals surface area contributed by atoms with Gasteiger partial charge in [0.25, 0.3) is 0 Å². The molecule has 0 bridgehead atoms. The maximum absolute atomic E-state index is 12.4. The lowest BCUT2D eigenvalue weighted by molar-refractivity contribution is -0.144. The Morgan fingerprint density at radius 3 is 2.67 bits per heavy atom. The molecular weight excluding hydrogens is 300 g/mol. The summed E-state index contributed by atoms with van der Waals surface area (Å²) in [6.07, 6.45) is 4.02. The van der Waals surface area contributed by atoms with E-state index in [4.69, 9.17) is 4.74 Å². The van der Waals surface area contributed by atoms with E-state index in [0.717, 1.165) is 16.9 Å². The van der Waals surface area contributed by atoms with Gasteiger partial charge in [-0.3, -0.25) is 4.79 Å². The van der Waals surface area contributed by atoms with Gasteiger partial charge >= 0.3 is 5.97 Å². The first-order valence-corrected chi connectivity index (χ1v) is 8.36. The minimum Gasteiger partial charge on any atom is -0.466 e. The minimum absolute atomic E-state index is 0.101. The zero-order valence-corrected chi connectivity index (χ0v) is 13.8. The number of aryl methyl sites for hydroxylation is 1. The van der Waals surface area contributed by atoms with Crippen molar-refractivity contribution in [2.45, 2.75) is 25.7 Å². The molecule has 0 aliphatic heterocycles. The zero-order valence-electron chi connectivity index (χ0n) is 13.8. The van der Waals surface area contributed by atoms with E-state index in [1.165, 1.54) is 5.56 Å². The molecule has 1 fully saturated rings. The molecule has 2 aromatic heterocycles. The van der Waals surface area contributed by atoms with Crippen LogP contribution in [0.15, 0.2) is 54.9 Å². The van der Waals surface area contributed by atoms with Crippen molar-refractivity contribution in [2.24, 2.45) is 5.92 Å². The Balaban J connectivity index is 1.71. The standard InChI is InChI=1S/C20H20N2O2/c1-3-24-20(23)19-17(14-7-5-4-6-8-14)18(19)15-9-10-22-12-13(2)21-16(22)11-15/h4-12,17-19H,3H2,1-2H3/t17-,18-,19-/m1/s1. The highest BCUT2D eigenvalue weighted by Crippen LogP contribution is 2.61. The van der Waals surface area contributed by atoms with Crippen LogP contribution >= 0.6 is 0 Å². The van der Waals surface area contributed by atoms with Crippen molar-refractivity contribution < 1.29 is 9.53 Å². The summed E-state index contributed by atoms with van der Waals surface area (Å²) in [5, 5.41) is 0. The average molecular weight is 320 g/mol. The number of aromatic nitrogens is 2. The lowest BCUT2D eigenvalue weighted by atomic mass is 10.1. The van der Waals surface area contributed by atoms with Crippen molar-refractivity contribution in [1.82, 2.24) is 9.38 Å². The second-order valence-electron chi connectivity index (χ2n) is 6.35. The van der Waals surface area contributed by atoms with E-state index < -0.39 is 0 Å². The molecule has 3 atom stereocenters. The Bertz CT molecular complexity index is 885. The molecule has 1 aliphatic rings. The molecule has 0 N–H and O–H groups in total. The lowest BCUT2D eigenvalue weighted by Gasteiger charge is -2.02. The molecule has 24 heavy (non-hydrogen) atoms. The summed E-state index contributed by atoms with van der Waals surface area (Å²) in [6.45, 7) is 4.26. The predicted octanol–water partition coefficient (Wildman–Crippen LogP) is 3.70. The third kappa shape index (κ3) is 2.48. The predicted molar refractivity (Wildman–Crippen MR) is 92.0 cm³/mol. The van der Waals surface area contributed by atoms with Gasteiger partial charge in [-0.25, -0.2) is 4.98 Å². The molecule has 4 nitrogen and oxygen atoms in total. The molecular formula is C20H20N2O2. The first-order chi connectivity index (χ1) is 11.7. The number of imidazole rings is 1. The number of pyridine rings is 1. The van der Waals surface area contributed by atoms with Gasteiger partial charge in [0, 0.05) is 24.2 Å². The maximum Gasteiger partial charge on any atom is 0.310 e. The van der Waals surface area contributed by atoms with Crippen LogP contribution in [0.4, 0.5) is 0 Å². The third-order valence-electron chi connectivity index (χ3n) is 4.75. The minimum atomic E-state index is -0.106. The Labute approximate surface area is 141 Å². The molecule has 122 valence electrons. The number of hydrogen-bond acceptors (Lipinski definition) is 3. The quantitative estimate of drug-likeness (QED) is 0.688. The van der Waals surface area contributed by atoms with Gasteiger partial charge in [-0.2, -0.15) is 0 Å². The van der Waals surface area contributed by atoms with Gasteiger partial charge in [-0.05, 0) is 37.1 Å². The molecule has 1 aromatic carbocycles. The van der Waals surface area contributed by atoms with E-state index in [1.807, 2.05) is 48.8 Å². The van der Waals surface area contributed by atoms with Gasteiger partial charge in [0.05, 0.1) is 18.2 Å². The number of hydrogen-bond donors (Lipinski definition) is 0. The van der Waals surface area contributed by atoms with Crippen LogP contribution in [0.5, 0.6) is 0 Å². The van der Waals surface area contributed by atoms with E-state index in [0.29, 0.717) is 6.61 Å². The Hall–Kier alpha value is -2.62. The van der Waals surface area contributed by atoms with Crippen molar-refractivity contribution in [1.29, 1.82) is 0 Å². The van der Waals surface area contributed by atoms with Gasteiger partial charge in [-0.1, -0.05) is 30.3 Å². The van der Waals surface area contributed by atoms with Crippen LogP contribution in [0, 0.1) is 12.8 Å². The molecule has 2 heterocycles. The van der Waals surface area contributed by atoms with E-state index in [2.05, 4.69) is 29.2 Å². The van der Waals surface area contributed by atoms with Gasteiger partial charge < -0.3 is 9.14 Å². The smallest absolute Gasteiger partial charge is 0.310 e. The lowest BCUT2D eigenvalue weighted by Crippen LogP contribution is -2.08. The van der Waals surface area contributed by atoms with Crippen molar-refractivity contribution in [3.05, 3.63) is 71.7 Å². The maximum atomic E-state index is 12.4. The van der Waals surface area contributed by atoms with Gasteiger partial charge in [0.2, 0.25) is 0 Å². The van der Waals surface area contributed by atoms with Crippen LogP contribution < -0.4 is 0 Å². The normalized spacial score (nSPS) is 22.5. The molecule has 0 spiro atoms. The summed E-state index contributed by atoms with van der Waals surface area (Å²) in [5.74, 6) is 0.138. The van der Waals surface area contributed by atoms with E-state index in [1.54, 1.807) is 0 Å². The number of rotatable bonds is 4. The molecule has 0 unspecified atom stereocenters. The molecule has 3 aromatic rings. The highest BCUT2D eigenvalue weighted by molar-refractivity contribution is 5.80. The van der Waals surface area contributed by atoms with E-state index in [-0.39, 0.29) is 23.7 Å². The molecule has 1 saturated carbocycles. The second-order valence-corrected chi connectivity index (χ2v) is 6.35. The molecule has 1 aliphatic carbocycles. The molecule has 0 saturated heterocycles. The summed E-state index contributed by atoms with van der Waals surface area (Å²) in [5.41, 5.74) is 4.26. The van der Waals surface area contributed by atoms with Crippen molar-refractivity contribution in [3.8, 4) is 0 Å².